The Hall–Kier alpha value is -1.23. The molecular formula is C16H24N4S. The fraction of sp³-hybridized carbons (Fsp3) is 0.688. The Bertz CT molecular complexity index is 549. The van der Waals surface area contributed by atoms with Crippen molar-refractivity contribution in [3.63, 3.8) is 0 Å². The summed E-state index contributed by atoms with van der Waals surface area (Å²) >= 11 is 5.35. The van der Waals surface area contributed by atoms with Crippen molar-refractivity contribution in [1.82, 2.24) is 10.2 Å². The van der Waals surface area contributed by atoms with Gasteiger partial charge in [0, 0.05) is 12.6 Å². The van der Waals surface area contributed by atoms with Gasteiger partial charge < -0.3 is 10.6 Å². The molecule has 0 saturated heterocycles. The Balaban J connectivity index is 2.04. The highest BCUT2D eigenvalue weighted by Crippen LogP contribution is 2.38. The molecule has 5 heteroatoms. The molecule has 3 rings (SSSR count). The van der Waals surface area contributed by atoms with Crippen molar-refractivity contribution < 1.29 is 0 Å². The van der Waals surface area contributed by atoms with E-state index in [0.29, 0.717) is 11.0 Å². The minimum atomic E-state index is 0.466. The molecule has 0 bridgehead atoms. The maximum Gasteiger partial charge on any atom is 0.162 e. The second-order valence-electron chi connectivity index (χ2n) is 6.22. The van der Waals surface area contributed by atoms with Gasteiger partial charge in [0.25, 0.3) is 0 Å². The Morgan fingerprint density at radius 2 is 1.90 bits per heavy atom. The number of rotatable bonds is 7. The van der Waals surface area contributed by atoms with Gasteiger partial charge in [0.15, 0.2) is 5.82 Å². The highest BCUT2D eigenvalue weighted by Gasteiger charge is 2.36. The van der Waals surface area contributed by atoms with Crippen LogP contribution in [0.5, 0.6) is 0 Å². The second kappa shape index (κ2) is 5.87. The number of thiocarbonyl (C=S) groups is 1. The SMILES string of the molecule is CCc1nnc(N(CC2CC2)C2CC2)c(C(N)=S)c1CC. The van der Waals surface area contributed by atoms with Crippen molar-refractivity contribution >= 4 is 23.0 Å². The van der Waals surface area contributed by atoms with Crippen molar-refractivity contribution in [2.24, 2.45) is 11.7 Å². The van der Waals surface area contributed by atoms with E-state index in [0.717, 1.165) is 42.4 Å². The molecule has 1 heterocycles. The van der Waals surface area contributed by atoms with Crippen LogP contribution in [0.4, 0.5) is 5.82 Å². The zero-order chi connectivity index (χ0) is 15.0. The minimum Gasteiger partial charge on any atom is -0.389 e. The first kappa shape index (κ1) is 14.7. The highest BCUT2D eigenvalue weighted by atomic mass is 32.1. The lowest BCUT2D eigenvalue weighted by Gasteiger charge is -2.26. The normalized spacial score (nSPS) is 17.8. The molecule has 21 heavy (non-hydrogen) atoms. The van der Waals surface area contributed by atoms with Gasteiger partial charge in [-0.15, -0.1) is 5.10 Å². The average molecular weight is 304 g/mol. The number of anilines is 1. The van der Waals surface area contributed by atoms with Crippen LogP contribution in [-0.2, 0) is 12.8 Å². The van der Waals surface area contributed by atoms with Gasteiger partial charge in [-0.3, -0.25) is 0 Å². The van der Waals surface area contributed by atoms with Crippen LogP contribution in [0.3, 0.4) is 0 Å². The molecule has 4 nitrogen and oxygen atoms in total. The number of aromatic nitrogens is 2. The largest absolute Gasteiger partial charge is 0.389 e. The van der Waals surface area contributed by atoms with Gasteiger partial charge >= 0.3 is 0 Å². The fourth-order valence-corrected chi connectivity index (χ4v) is 3.21. The molecule has 2 N–H and O–H groups in total. The number of hydrogen-bond acceptors (Lipinski definition) is 4. The number of nitrogens with two attached hydrogens (primary N) is 1. The van der Waals surface area contributed by atoms with Crippen molar-refractivity contribution in [2.45, 2.75) is 58.4 Å². The summed E-state index contributed by atoms with van der Waals surface area (Å²) in [4.78, 5) is 2.89. The van der Waals surface area contributed by atoms with Crippen molar-refractivity contribution in [2.75, 3.05) is 11.4 Å². The Labute approximate surface area is 132 Å². The van der Waals surface area contributed by atoms with Crippen LogP contribution in [0.15, 0.2) is 0 Å². The van der Waals surface area contributed by atoms with Gasteiger partial charge in [-0.25, -0.2) is 0 Å². The molecule has 0 unspecified atom stereocenters. The first-order valence-electron chi connectivity index (χ1n) is 8.10. The van der Waals surface area contributed by atoms with E-state index < -0.39 is 0 Å². The molecular weight excluding hydrogens is 280 g/mol. The molecule has 2 aliphatic carbocycles. The van der Waals surface area contributed by atoms with E-state index >= 15 is 0 Å². The zero-order valence-electron chi connectivity index (χ0n) is 12.9. The Kier molecular flexibility index (Phi) is 4.11. The van der Waals surface area contributed by atoms with E-state index in [1.165, 1.54) is 31.2 Å². The van der Waals surface area contributed by atoms with Crippen LogP contribution in [0.25, 0.3) is 0 Å². The standard InChI is InChI=1S/C16H24N4S/c1-3-12-13(4-2)18-19-16(14(12)15(17)21)20(11-7-8-11)9-10-5-6-10/h10-11H,3-9H2,1-2H3,(H2,17,21). The molecule has 0 spiro atoms. The lowest BCUT2D eigenvalue weighted by molar-refractivity contribution is 0.695. The molecule has 114 valence electrons. The summed E-state index contributed by atoms with van der Waals surface area (Å²) in [7, 11) is 0. The van der Waals surface area contributed by atoms with E-state index in [9.17, 15) is 0 Å². The fourth-order valence-electron chi connectivity index (χ4n) is 3.00. The smallest absolute Gasteiger partial charge is 0.162 e. The first-order valence-corrected chi connectivity index (χ1v) is 8.51. The van der Waals surface area contributed by atoms with Crippen LogP contribution in [-0.4, -0.2) is 27.8 Å². The molecule has 0 atom stereocenters. The third-order valence-corrected chi connectivity index (χ3v) is 4.69. The highest BCUT2D eigenvalue weighted by molar-refractivity contribution is 7.80. The van der Waals surface area contributed by atoms with Crippen LogP contribution >= 0.6 is 12.2 Å². The van der Waals surface area contributed by atoms with E-state index in [2.05, 4.69) is 28.9 Å². The molecule has 2 fully saturated rings. The van der Waals surface area contributed by atoms with Gasteiger partial charge in [0.05, 0.1) is 11.3 Å². The van der Waals surface area contributed by atoms with E-state index in [-0.39, 0.29) is 0 Å². The third kappa shape index (κ3) is 3.03. The topological polar surface area (TPSA) is 55.0 Å². The number of aryl methyl sites for hydroxylation is 1. The van der Waals surface area contributed by atoms with Crippen LogP contribution < -0.4 is 10.6 Å². The Morgan fingerprint density at radius 3 is 2.38 bits per heavy atom. The van der Waals surface area contributed by atoms with E-state index in [1.807, 2.05) is 0 Å². The summed E-state index contributed by atoms with van der Waals surface area (Å²) < 4.78 is 0. The quantitative estimate of drug-likeness (QED) is 0.785. The van der Waals surface area contributed by atoms with Crippen LogP contribution in [0.2, 0.25) is 0 Å². The summed E-state index contributed by atoms with van der Waals surface area (Å²) in [5.41, 5.74) is 9.26. The predicted molar refractivity (Wildman–Crippen MR) is 89.8 cm³/mol. The molecule has 1 aromatic rings. The summed E-state index contributed by atoms with van der Waals surface area (Å²) in [6.07, 6.45) is 6.96. The second-order valence-corrected chi connectivity index (χ2v) is 6.66. The zero-order valence-corrected chi connectivity index (χ0v) is 13.7. The van der Waals surface area contributed by atoms with Crippen molar-refractivity contribution in [3.8, 4) is 0 Å². The third-order valence-electron chi connectivity index (χ3n) is 4.49. The van der Waals surface area contributed by atoms with Gasteiger partial charge in [0.2, 0.25) is 0 Å². The van der Waals surface area contributed by atoms with E-state index in [1.54, 1.807) is 0 Å². The predicted octanol–water partition coefficient (Wildman–Crippen LogP) is 2.61. The number of hydrogen-bond donors (Lipinski definition) is 1. The maximum atomic E-state index is 6.06. The van der Waals surface area contributed by atoms with Gasteiger partial charge in [-0.2, -0.15) is 5.10 Å². The number of nitrogens with zero attached hydrogens (tertiary/aromatic N) is 3. The molecule has 0 aliphatic heterocycles. The molecule has 2 aliphatic rings. The summed E-state index contributed by atoms with van der Waals surface area (Å²) in [5.74, 6) is 1.76. The monoisotopic (exact) mass is 304 g/mol. The van der Waals surface area contributed by atoms with E-state index in [4.69, 9.17) is 18.0 Å². The van der Waals surface area contributed by atoms with Gasteiger partial charge in [-0.1, -0.05) is 26.1 Å². The van der Waals surface area contributed by atoms with Crippen molar-refractivity contribution in [1.29, 1.82) is 0 Å². The first-order chi connectivity index (χ1) is 10.2. The molecule has 0 amide bonds. The lowest BCUT2D eigenvalue weighted by atomic mass is 10.0. The maximum absolute atomic E-state index is 6.06. The van der Waals surface area contributed by atoms with Crippen LogP contribution in [0, 0.1) is 5.92 Å². The van der Waals surface area contributed by atoms with Gasteiger partial charge in [0.1, 0.15) is 4.99 Å². The minimum absolute atomic E-state index is 0.466. The lowest BCUT2D eigenvalue weighted by Crippen LogP contribution is -2.33. The summed E-state index contributed by atoms with van der Waals surface area (Å²) in [6, 6.07) is 0.616. The van der Waals surface area contributed by atoms with Gasteiger partial charge in [-0.05, 0) is 50.0 Å². The summed E-state index contributed by atoms with van der Waals surface area (Å²) in [6.45, 7) is 5.34. The molecule has 0 radical (unpaired) electrons. The van der Waals surface area contributed by atoms with Crippen molar-refractivity contribution in [3.05, 3.63) is 16.8 Å². The average Bonchev–Trinajstić information content (AvgIpc) is 3.36. The Morgan fingerprint density at radius 1 is 1.19 bits per heavy atom. The van der Waals surface area contributed by atoms with Crippen LogP contribution in [0.1, 0.15) is 56.4 Å². The summed E-state index contributed by atoms with van der Waals surface area (Å²) in [5, 5.41) is 8.99. The molecule has 2 saturated carbocycles. The molecule has 0 aromatic carbocycles. The molecule has 1 aromatic heterocycles.